The predicted molar refractivity (Wildman–Crippen MR) is 103 cm³/mol. The smallest absolute Gasteiger partial charge is 0.236 e. The van der Waals surface area contributed by atoms with Gasteiger partial charge in [-0.1, -0.05) is 36.6 Å². The van der Waals surface area contributed by atoms with Gasteiger partial charge in [0.25, 0.3) is 0 Å². The molecule has 1 atom stereocenters. The average Bonchev–Trinajstić information content (AvgIpc) is 3.01. The summed E-state index contributed by atoms with van der Waals surface area (Å²) >= 11 is 7.71. The molecule has 0 spiro atoms. The molecule has 1 aliphatic rings. The van der Waals surface area contributed by atoms with Crippen molar-refractivity contribution in [3.05, 3.63) is 34.9 Å². The van der Waals surface area contributed by atoms with E-state index < -0.39 is 6.04 Å². The first kappa shape index (κ1) is 20.6. The Balaban J connectivity index is 0.00000264. The summed E-state index contributed by atoms with van der Waals surface area (Å²) in [6, 6.07) is 7.64. The van der Waals surface area contributed by atoms with Crippen LogP contribution in [0.1, 0.15) is 37.7 Å². The van der Waals surface area contributed by atoms with Crippen LogP contribution < -0.4 is 11.1 Å². The Morgan fingerprint density at radius 3 is 2.52 bits per heavy atom. The van der Waals surface area contributed by atoms with Gasteiger partial charge in [-0.05, 0) is 49.0 Å². The molecule has 1 aromatic rings. The van der Waals surface area contributed by atoms with Crippen molar-refractivity contribution < 1.29 is 4.79 Å². The number of benzene rings is 1. The van der Waals surface area contributed by atoms with Gasteiger partial charge in [0.1, 0.15) is 0 Å². The van der Waals surface area contributed by atoms with E-state index in [1.165, 1.54) is 18.4 Å². The lowest BCUT2D eigenvalue weighted by Gasteiger charge is -2.30. The Labute approximate surface area is 154 Å². The van der Waals surface area contributed by atoms with Gasteiger partial charge in [0, 0.05) is 17.0 Å². The van der Waals surface area contributed by atoms with E-state index in [-0.39, 0.29) is 23.7 Å². The summed E-state index contributed by atoms with van der Waals surface area (Å²) in [5, 5.41) is 3.83. The number of amides is 1. The van der Waals surface area contributed by atoms with Crippen molar-refractivity contribution in [1.29, 1.82) is 0 Å². The third-order valence-electron chi connectivity index (χ3n) is 4.59. The molecule has 0 radical (unpaired) electrons. The first-order chi connectivity index (χ1) is 10.6. The van der Waals surface area contributed by atoms with Crippen LogP contribution in [0, 0.1) is 0 Å². The summed E-state index contributed by atoms with van der Waals surface area (Å²) in [6.45, 7) is 0.667. The van der Waals surface area contributed by atoms with Gasteiger partial charge in [-0.2, -0.15) is 11.8 Å². The number of rotatable bonds is 7. The molecule has 3 N–H and O–H groups in total. The second-order valence-corrected chi connectivity index (χ2v) is 7.52. The number of nitrogens with two attached hydrogens (primary N) is 1. The average molecular weight is 377 g/mol. The number of carbonyl (C=O) groups excluding carboxylic acids is 1. The fourth-order valence-electron chi connectivity index (χ4n) is 3.19. The van der Waals surface area contributed by atoms with Crippen LogP contribution in [0.25, 0.3) is 0 Å². The molecule has 6 heteroatoms. The second kappa shape index (κ2) is 9.77. The maximum Gasteiger partial charge on any atom is 0.236 e. The van der Waals surface area contributed by atoms with Crippen LogP contribution in [0.4, 0.5) is 0 Å². The van der Waals surface area contributed by atoms with Crippen LogP contribution in [0.3, 0.4) is 0 Å². The maximum atomic E-state index is 12.2. The SMILES string of the molecule is CSCC[C@H](N)C(=O)NCC1(c2ccc(Cl)cc2)CCCC1.Cl. The van der Waals surface area contributed by atoms with Crippen molar-refractivity contribution in [2.45, 2.75) is 43.6 Å². The molecule has 130 valence electrons. The van der Waals surface area contributed by atoms with Gasteiger partial charge in [0.15, 0.2) is 0 Å². The maximum absolute atomic E-state index is 12.2. The summed E-state index contributed by atoms with van der Waals surface area (Å²) < 4.78 is 0. The topological polar surface area (TPSA) is 55.1 Å². The highest BCUT2D eigenvalue weighted by Gasteiger charge is 2.36. The zero-order valence-corrected chi connectivity index (χ0v) is 15.9. The Morgan fingerprint density at radius 2 is 1.96 bits per heavy atom. The number of nitrogens with one attached hydrogen (secondary N) is 1. The van der Waals surface area contributed by atoms with Crippen molar-refractivity contribution in [2.75, 3.05) is 18.6 Å². The van der Waals surface area contributed by atoms with Crippen LogP contribution in [0.15, 0.2) is 24.3 Å². The molecule has 1 amide bonds. The molecule has 0 heterocycles. The van der Waals surface area contributed by atoms with Crippen LogP contribution in [0.2, 0.25) is 5.02 Å². The van der Waals surface area contributed by atoms with Crippen LogP contribution in [0.5, 0.6) is 0 Å². The zero-order chi connectivity index (χ0) is 16.0. The van der Waals surface area contributed by atoms with Gasteiger partial charge in [-0.25, -0.2) is 0 Å². The Bertz CT molecular complexity index is 490. The lowest BCUT2D eigenvalue weighted by Crippen LogP contribution is -2.46. The minimum atomic E-state index is -0.406. The fourth-order valence-corrected chi connectivity index (χ4v) is 3.80. The minimum Gasteiger partial charge on any atom is -0.354 e. The second-order valence-electron chi connectivity index (χ2n) is 6.10. The molecule has 2 rings (SSSR count). The van der Waals surface area contributed by atoms with E-state index in [9.17, 15) is 4.79 Å². The highest BCUT2D eigenvalue weighted by atomic mass is 35.5. The number of hydrogen-bond acceptors (Lipinski definition) is 3. The number of thioether (sulfide) groups is 1. The van der Waals surface area contributed by atoms with E-state index in [0.717, 1.165) is 30.0 Å². The molecule has 0 unspecified atom stereocenters. The fraction of sp³-hybridized carbons (Fsp3) is 0.588. The molecule has 1 aliphatic carbocycles. The number of carbonyl (C=O) groups is 1. The lowest BCUT2D eigenvalue weighted by atomic mass is 9.79. The van der Waals surface area contributed by atoms with Gasteiger partial charge in [0.2, 0.25) is 5.91 Å². The van der Waals surface area contributed by atoms with E-state index in [1.807, 2.05) is 18.4 Å². The summed E-state index contributed by atoms with van der Waals surface area (Å²) in [6.07, 6.45) is 7.37. The van der Waals surface area contributed by atoms with E-state index in [2.05, 4.69) is 17.4 Å². The molecule has 3 nitrogen and oxygen atoms in total. The Hall–Kier alpha value is -0.420. The number of hydrogen-bond donors (Lipinski definition) is 2. The van der Waals surface area contributed by atoms with Crippen LogP contribution in [-0.4, -0.2) is 30.5 Å². The monoisotopic (exact) mass is 376 g/mol. The number of halogens is 2. The van der Waals surface area contributed by atoms with Crippen molar-refractivity contribution in [3.8, 4) is 0 Å². The van der Waals surface area contributed by atoms with Crippen LogP contribution >= 0.6 is 35.8 Å². The van der Waals surface area contributed by atoms with Crippen molar-refractivity contribution in [1.82, 2.24) is 5.32 Å². The molecular formula is C17H26Cl2N2OS. The highest BCUT2D eigenvalue weighted by Crippen LogP contribution is 2.40. The molecule has 0 aliphatic heterocycles. The minimum absolute atomic E-state index is 0. The van der Waals surface area contributed by atoms with Gasteiger partial charge in [0.05, 0.1) is 6.04 Å². The summed E-state index contributed by atoms with van der Waals surface area (Å²) in [5.41, 5.74) is 7.26. The standard InChI is InChI=1S/C17H25ClN2OS.ClH/c1-22-11-8-15(19)16(21)20-12-17(9-2-3-10-17)13-4-6-14(18)7-5-13;/h4-7,15H,2-3,8-12,19H2,1H3,(H,20,21);1H/t15-;/m0./s1. The third kappa shape index (κ3) is 5.56. The zero-order valence-electron chi connectivity index (χ0n) is 13.5. The molecule has 0 saturated heterocycles. The van der Waals surface area contributed by atoms with Crippen LogP contribution in [-0.2, 0) is 10.2 Å². The molecule has 0 aromatic heterocycles. The molecule has 1 fully saturated rings. The molecule has 23 heavy (non-hydrogen) atoms. The third-order valence-corrected chi connectivity index (χ3v) is 5.48. The molecule has 1 aromatic carbocycles. The van der Waals surface area contributed by atoms with Gasteiger partial charge in [-0.3, -0.25) is 4.79 Å². The van der Waals surface area contributed by atoms with Gasteiger partial charge < -0.3 is 11.1 Å². The largest absolute Gasteiger partial charge is 0.354 e. The first-order valence-corrected chi connectivity index (χ1v) is 9.63. The normalized spacial score (nSPS) is 17.3. The first-order valence-electron chi connectivity index (χ1n) is 7.86. The highest BCUT2D eigenvalue weighted by molar-refractivity contribution is 7.98. The summed E-state index contributed by atoms with van der Waals surface area (Å²) in [7, 11) is 0. The van der Waals surface area contributed by atoms with E-state index in [1.54, 1.807) is 11.8 Å². The lowest BCUT2D eigenvalue weighted by molar-refractivity contribution is -0.122. The van der Waals surface area contributed by atoms with Crippen molar-refractivity contribution in [3.63, 3.8) is 0 Å². The summed E-state index contributed by atoms with van der Waals surface area (Å²) in [4.78, 5) is 12.2. The van der Waals surface area contributed by atoms with Gasteiger partial charge in [-0.15, -0.1) is 12.4 Å². The van der Waals surface area contributed by atoms with E-state index in [0.29, 0.717) is 6.54 Å². The summed E-state index contributed by atoms with van der Waals surface area (Å²) in [5.74, 6) is 0.881. The Morgan fingerprint density at radius 1 is 1.35 bits per heavy atom. The quantitative estimate of drug-likeness (QED) is 0.761. The molecule has 0 bridgehead atoms. The van der Waals surface area contributed by atoms with Gasteiger partial charge >= 0.3 is 0 Å². The Kier molecular flexibility index (Phi) is 8.76. The predicted octanol–water partition coefficient (Wildman–Crippen LogP) is 3.77. The molecular weight excluding hydrogens is 351 g/mol. The molecule has 1 saturated carbocycles. The van der Waals surface area contributed by atoms with E-state index >= 15 is 0 Å². The van der Waals surface area contributed by atoms with Crippen molar-refractivity contribution in [2.24, 2.45) is 5.73 Å². The van der Waals surface area contributed by atoms with Crippen molar-refractivity contribution >= 4 is 41.7 Å². The van der Waals surface area contributed by atoms with E-state index in [4.69, 9.17) is 17.3 Å².